The number of hydrogen-bond donors (Lipinski definition) is 2. The molecule has 0 aromatic carbocycles. The zero-order valence-electron chi connectivity index (χ0n) is 12.0. The van der Waals surface area contributed by atoms with Crippen molar-refractivity contribution in [2.24, 2.45) is 5.73 Å². The quantitative estimate of drug-likeness (QED) is 0.791. The molecule has 2 aliphatic rings. The molecule has 4 N–H and O–H groups in total. The highest BCUT2D eigenvalue weighted by Gasteiger charge is 2.29. The molecule has 3 rings (SSSR count). The maximum Gasteiger partial charge on any atom is 0.250 e. The molecule has 1 amide bonds. The Morgan fingerprint density at radius 1 is 1.33 bits per heavy atom. The van der Waals surface area contributed by atoms with Crippen LogP contribution < -0.4 is 16.4 Å². The zero-order chi connectivity index (χ0) is 14.8. The van der Waals surface area contributed by atoms with E-state index in [0.717, 1.165) is 51.6 Å². The van der Waals surface area contributed by atoms with Crippen LogP contribution in [0.2, 0.25) is 0 Å². The van der Waals surface area contributed by atoms with E-state index in [-0.39, 0.29) is 0 Å². The van der Waals surface area contributed by atoms with Gasteiger partial charge >= 0.3 is 0 Å². The van der Waals surface area contributed by atoms with E-state index < -0.39 is 5.91 Å². The number of anilines is 2. The highest BCUT2D eigenvalue weighted by atomic mass is 16.5. The van der Waals surface area contributed by atoms with E-state index in [2.05, 4.69) is 14.8 Å². The second kappa shape index (κ2) is 5.87. The summed E-state index contributed by atoms with van der Waals surface area (Å²) in [4.78, 5) is 20.4. The van der Waals surface area contributed by atoms with Gasteiger partial charge in [-0.25, -0.2) is 4.98 Å². The summed E-state index contributed by atoms with van der Waals surface area (Å²) in [6, 6.07) is 2.21. The van der Waals surface area contributed by atoms with Crippen molar-refractivity contribution in [3.63, 3.8) is 0 Å². The monoisotopic (exact) mass is 291 g/mol. The highest BCUT2D eigenvalue weighted by Crippen LogP contribution is 2.24. The molecule has 3 heterocycles. The lowest BCUT2D eigenvalue weighted by atomic mass is 10.2. The molecule has 1 aromatic heterocycles. The largest absolute Gasteiger partial charge is 0.397 e. The first-order chi connectivity index (χ1) is 10.1. The molecule has 21 heavy (non-hydrogen) atoms. The minimum absolute atomic E-state index is 0.329. The van der Waals surface area contributed by atoms with Crippen molar-refractivity contribution in [2.45, 2.75) is 12.5 Å². The smallest absolute Gasteiger partial charge is 0.250 e. The van der Waals surface area contributed by atoms with Gasteiger partial charge in [0.15, 0.2) is 0 Å². The summed E-state index contributed by atoms with van der Waals surface area (Å²) in [5.74, 6) is 0.258. The fourth-order valence-corrected chi connectivity index (χ4v) is 3.03. The van der Waals surface area contributed by atoms with E-state index in [1.54, 1.807) is 6.07 Å². The minimum atomic E-state index is -0.514. The van der Waals surface area contributed by atoms with E-state index in [4.69, 9.17) is 16.2 Å². The topological polar surface area (TPSA) is 97.7 Å². The average molecular weight is 291 g/mol. The summed E-state index contributed by atoms with van der Waals surface area (Å²) in [6.07, 6.45) is 2.61. The van der Waals surface area contributed by atoms with E-state index in [1.807, 2.05) is 0 Å². The lowest BCUT2D eigenvalue weighted by molar-refractivity contribution is 0.0209. The zero-order valence-corrected chi connectivity index (χ0v) is 12.0. The Morgan fingerprint density at radius 3 is 2.81 bits per heavy atom. The predicted molar refractivity (Wildman–Crippen MR) is 80.2 cm³/mol. The van der Waals surface area contributed by atoms with Gasteiger partial charge in [-0.1, -0.05) is 0 Å². The summed E-state index contributed by atoms with van der Waals surface area (Å²) in [5, 5.41) is 0. The van der Waals surface area contributed by atoms with Crippen molar-refractivity contribution in [3.8, 4) is 0 Å². The van der Waals surface area contributed by atoms with Gasteiger partial charge in [-0.15, -0.1) is 0 Å². The number of primary amides is 1. The van der Waals surface area contributed by atoms with Crippen LogP contribution in [0.15, 0.2) is 12.3 Å². The molecule has 2 aliphatic heterocycles. The third-order valence-corrected chi connectivity index (χ3v) is 4.24. The number of carbonyl (C=O) groups is 1. The summed E-state index contributed by atoms with van der Waals surface area (Å²) in [6.45, 7) is 5.43. The fraction of sp³-hybridized carbons (Fsp3) is 0.571. The number of amides is 1. The van der Waals surface area contributed by atoms with Gasteiger partial charge in [-0.2, -0.15) is 0 Å². The Morgan fingerprint density at radius 2 is 2.10 bits per heavy atom. The van der Waals surface area contributed by atoms with Gasteiger partial charge in [0.05, 0.1) is 30.7 Å². The Bertz CT molecular complexity index is 530. The molecule has 114 valence electrons. The molecular formula is C14H21N5O2. The number of aromatic nitrogens is 1. The van der Waals surface area contributed by atoms with E-state index >= 15 is 0 Å². The van der Waals surface area contributed by atoms with Gasteiger partial charge in [0, 0.05) is 32.2 Å². The Hall–Kier alpha value is -1.86. The molecule has 0 aliphatic carbocycles. The second-order valence-electron chi connectivity index (χ2n) is 5.53. The summed E-state index contributed by atoms with van der Waals surface area (Å²) < 4.78 is 5.39. The maximum absolute atomic E-state index is 11.4. The molecule has 0 spiro atoms. The molecule has 7 nitrogen and oxygen atoms in total. The first-order valence-corrected chi connectivity index (χ1v) is 7.27. The van der Waals surface area contributed by atoms with Crippen molar-refractivity contribution >= 4 is 17.4 Å². The van der Waals surface area contributed by atoms with Crippen LogP contribution >= 0.6 is 0 Å². The Kier molecular flexibility index (Phi) is 3.94. The lowest BCUT2D eigenvalue weighted by Gasteiger charge is -2.32. The number of nitrogen functional groups attached to an aromatic ring is 1. The molecule has 0 bridgehead atoms. The molecule has 1 aromatic rings. The number of carbonyl (C=O) groups excluding carboxylic acids is 1. The minimum Gasteiger partial charge on any atom is -0.397 e. The molecule has 2 saturated heterocycles. The van der Waals surface area contributed by atoms with Crippen molar-refractivity contribution in [3.05, 3.63) is 17.8 Å². The van der Waals surface area contributed by atoms with Crippen molar-refractivity contribution in [1.82, 2.24) is 9.88 Å². The molecule has 7 heteroatoms. The predicted octanol–water partition coefficient (Wildman–Crippen LogP) is -0.326. The average Bonchev–Trinajstić information content (AvgIpc) is 2.98. The summed E-state index contributed by atoms with van der Waals surface area (Å²) in [5.41, 5.74) is 11.7. The molecule has 0 radical (unpaired) electrons. The number of nitrogens with zero attached hydrogens (tertiary/aromatic N) is 3. The standard InChI is InChI=1S/C14H21N5O2/c15-12-8-17-13(7-11(12)14(16)20)19-2-1-10(9-19)18-3-5-21-6-4-18/h7-8,10H,1-6,9,15H2,(H2,16,20). The first kappa shape index (κ1) is 14.1. The number of hydrogen-bond acceptors (Lipinski definition) is 6. The molecule has 2 fully saturated rings. The SMILES string of the molecule is NC(=O)c1cc(N2CCC(N3CCOCC3)C2)ncc1N. The molecule has 0 saturated carbocycles. The van der Waals surface area contributed by atoms with E-state index in [9.17, 15) is 4.79 Å². The van der Waals surface area contributed by atoms with Crippen LogP contribution in [0.4, 0.5) is 11.5 Å². The molecule has 1 atom stereocenters. The highest BCUT2D eigenvalue weighted by molar-refractivity contribution is 5.98. The number of nitrogens with two attached hydrogens (primary N) is 2. The second-order valence-corrected chi connectivity index (χ2v) is 5.53. The van der Waals surface area contributed by atoms with Crippen molar-refractivity contribution in [2.75, 3.05) is 50.0 Å². The first-order valence-electron chi connectivity index (χ1n) is 7.27. The van der Waals surface area contributed by atoms with E-state index in [0.29, 0.717) is 17.3 Å². The van der Waals surface area contributed by atoms with Crippen LogP contribution in [0.5, 0.6) is 0 Å². The van der Waals surface area contributed by atoms with Crippen LogP contribution in [0.1, 0.15) is 16.8 Å². The number of morpholine rings is 1. The number of ether oxygens (including phenoxy) is 1. The van der Waals surface area contributed by atoms with Crippen LogP contribution in [-0.2, 0) is 4.74 Å². The van der Waals surface area contributed by atoms with Crippen LogP contribution in [0.3, 0.4) is 0 Å². The normalized spacial score (nSPS) is 23.4. The van der Waals surface area contributed by atoms with Gasteiger partial charge < -0.3 is 21.1 Å². The molecular weight excluding hydrogens is 270 g/mol. The number of rotatable bonds is 3. The lowest BCUT2D eigenvalue weighted by Crippen LogP contribution is -2.44. The fourth-order valence-electron chi connectivity index (χ4n) is 3.03. The Balaban J connectivity index is 1.71. The van der Waals surface area contributed by atoms with Gasteiger partial charge in [0.1, 0.15) is 5.82 Å². The van der Waals surface area contributed by atoms with Crippen LogP contribution in [-0.4, -0.2) is 61.2 Å². The van der Waals surface area contributed by atoms with Crippen LogP contribution in [0.25, 0.3) is 0 Å². The maximum atomic E-state index is 11.4. The third-order valence-electron chi connectivity index (χ3n) is 4.24. The Labute approximate surface area is 123 Å². The van der Waals surface area contributed by atoms with Crippen molar-refractivity contribution in [1.29, 1.82) is 0 Å². The summed E-state index contributed by atoms with van der Waals surface area (Å²) >= 11 is 0. The summed E-state index contributed by atoms with van der Waals surface area (Å²) in [7, 11) is 0. The van der Waals surface area contributed by atoms with Gasteiger partial charge in [-0.05, 0) is 12.5 Å². The van der Waals surface area contributed by atoms with Gasteiger partial charge in [0.2, 0.25) is 0 Å². The van der Waals surface area contributed by atoms with Crippen molar-refractivity contribution < 1.29 is 9.53 Å². The third kappa shape index (κ3) is 2.93. The van der Waals surface area contributed by atoms with Crippen LogP contribution in [0, 0.1) is 0 Å². The number of pyridine rings is 1. The molecule has 1 unspecified atom stereocenters. The van der Waals surface area contributed by atoms with Gasteiger partial charge in [-0.3, -0.25) is 9.69 Å². The van der Waals surface area contributed by atoms with Gasteiger partial charge in [0.25, 0.3) is 5.91 Å². The van der Waals surface area contributed by atoms with E-state index in [1.165, 1.54) is 6.20 Å².